The number of aromatic nitrogens is 2. The van der Waals surface area contributed by atoms with Gasteiger partial charge < -0.3 is 9.47 Å². The molecule has 7 heteroatoms. The summed E-state index contributed by atoms with van der Waals surface area (Å²) in [4.78, 5) is 0. The van der Waals surface area contributed by atoms with Crippen LogP contribution in [0.4, 0.5) is 0 Å². The van der Waals surface area contributed by atoms with Gasteiger partial charge in [-0.2, -0.15) is 5.10 Å². The van der Waals surface area contributed by atoms with E-state index < -0.39 is 0 Å². The minimum absolute atomic E-state index is 0.324. The molecule has 6 nitrogen and oxygen atoms in total. The molecule has 0 spiro atoms. The predicted molar refractivity (Wildman–Crippen MR) is 81.6 cm³/mol. The highest BCUT2D eigenvalue weighted by Crippen LogP contribution is 2.35. The quantitative estimate of drug-likeness (QED) is 0.631. The van der Waals surface area contributed by atoms with Gasteiger partial charge in [0.25, 0.3) is 0 Å². The third-order valence-electron chi connectivity index (χ3n) is 3.31. The van der Waals surface area contributed by atoms with Gasteiger partial charge in [-0.25, -0.2) is 5.43 Å². The van der Waals surface area contributed by atoms with Crippen LogP contribution in [0.25, 0.3) is 0 Å². The second kappa shape index (κ2) is 6.80. The van der Waals surface area contributed by atoms with E-state index in [1.165, 1.54) is 0 Å². The van der Waals surface area contributed by atoms with E-state index in [0.29, 0.717) is 23.1 Å². The molecule has 0 fully saturated rings. The first-order chi connectivity index (χ1) is 10.2. The fraction of sp³-hybridized carbons (Fsp3) is 0.357. The van der Waals surface area contributed by atoms with E-state index in [0.717, 1.165) is 11.3 Å². The minimum Gasteiger partial charge on any atom is -0.496 e. The Morgan fingerprint density at radius 3 is 2.62 bits per heavy atom. The maximum Gasteiger partial charge on any atom is 0.161 e. The molecular formula is C14H19ClN4O2. The van der Waals surface area contributed by atoms with Gasteiger partial charge in [-0.05, 0) is 19.1 Å². The van der Waals surface area contributed by atoms with Crippen molar-refractivity contribution in [3.05, 3.63) is 40.7 Å². The van der Waals surface area contributed by atoms with Crippen LogP contribution in [-0.4, -0.2) is 24.0 Å². The second-order valence-corrected chi connectivity index (χ2v) is 4.84. The molecule has 0 aliphatic heterocycles. The highest BCUT2D eigenvalue weighted by Gasteiger charge is 2.25. The molecule has 0 radical (unpaired) electrons. The molecule has 1 heterocycles. The molecule has 1 atom stereocenters. The van der Waals surface area contributed by atoms with Crippen LogP contribution in [-0.2, 0) is 6.54 Å². The molecule has 0 saturated heterocycles. The van der Waals surface area contributed by atoms with Gasteiger partial charge >= 0.3 is 0 Å². The molecule has 2 rings (SSSR count). The molecule has 0 amide bonds. The van der Waals surface area contributed by atoms with Crippen LogP contribution in [0.1, 0.15) is 24.2 Å². The topological polar surface area (TPSA) is 74.3 Å². The van der Waals surface area contributed by atoms with E-state index >= 15 is 0 Å². The Hall–Kier alpha value is -1.76. The van der Waals surface area contributed by atoms with Crippen LogP contribution >= 0.6 is 11.6 Å². The first-order valence-electron chi connectivity index (χ1n) is 6.55. The Morgan fingerprint density at radius 1 is 1.33 bits per heavy atom. The normalized spacial score (nSPS) is 12.2. The van der Waals surface area contributed by atoms with Crippen LogP contribution in [0.5, 0.6) is 11.5 Å². The van der Waals surface area contributed by atoms with Crippen LogP contribution in [0.3, 0.4) is 0 Å². The van der Waals surface area contributed by atoms with E-state index in [2.05, 4.69) is 10.5 Å². The van der Waals surface area contributed by atoms with Crippen molar-refractivity contribution in [2.24, 2.45) is 5.84 Å². The summed E-state index contributed by atoms with van der Waals surface area (Å²) in [6, 6.07) is 5.09. The largest absolute Gasteiger partial charge is 0.496 e. The number of rotatable bonds is 6. The molecule has 0 aliphatic carbocycles. The standard InChI is InChI=1S/C14H19ClN4O2/c1-4-19-14(12(21-3)8-17-19)13(18-16)10-6-5-9(15)7-11(10)20-2/h5-8,13,18H,4,16H2,1-3H3. The average Bonchev–Trinajstić information content (AvgIpc) is 2.92. The van der Waals surface area contributed by atoms with Crippen molar-refractivity contribution in [1.82, 2.24) is 15.2 Å². The highest BCUT2D eigenvalue weighted by molar-refractivity contribution is 6.30. The Balaban J connectivity index is 2.57. The minimum atomic E-state index is -0.324. The maximum absolute atomic E-state index is 6.01. The van der Waals surface area contributed by atoms with E-state index in [9.17, 15) is 0 Å². The van der Waals surface area contributed by atoms with E-state index in [1.807, 2.05) is 17.7 Å². The number of hydrogen-bond donors (Lipinski definition) is 2. The zero-order valence-corrected chi connectivity index (χ0v) is 13.0. The molecule has 1 unspecified atom stereocenters. The van der Waals surface area contributed by atoms with Gasteiger partial charge in [-0.1, -0.05) is 17.7 Å². The van der Waals surface area contributed by atoms with Crippen LogP contribution in [0.15, 0.2) is 24.4 Å². The zero-order valence-electron chi connectivity index (χ0n) is 12.3. The number of hydrogen-bond acceptors (Lipinski definition) is 5. The molecule has 0 aliphatic rings. The number of hydrazine groups is 1. The summed E-state index contributed by atoms with van der Waals surface area (Å²) in [6.07, 6.45) is 1.67. The predicted octanol–water partition coefficient (Wildman–Crippen LogP) is 2.13. The molecule has 114 valence electrons. The van der Waals surface area contributed by atoms with Gasteiger partial charge in [0, 0.05) is 17.1 Å². The summed E-state index contributed by atoms with van der Waals surface area (Å²) in [5, 5.41) is 4.90. The van der Waals surface area contributed by atoms with Crippen molar-refractivity contribution >= 4 is 11.6 Å². The van der Waals surface area contributed by atoms with Crippen molar-refractivity contribution in [3.8, 4) is 11.5 Å². The van der Waals surface area contributed by atoms with E-state index in [4.69, 9.17) is 26.9 Å². The Morgan fingerprint density at radius 2 is 2.05 bits per heavy atom. The van der Waals surface area contributed by atoms with Gasteiger partial charge in [0.15, 0.2) is 5.75 Å². The monoisotopic (exact) mass is 310 g/mol. The molecule has 0 bridgehead atoms. The summed E-state index contributed by atoms with van der Waals surface area (Å²) in [5.74, 6) is 7.08. The first kappa shape index (κ1) is 15.6. The first-order valence-corrected chi connectivity index (χ1v) is 6.93. The van der Waals surface area contributed by atoms with Gasteiger partial charge in [0.2, 0.25) is 0 Å². The van der Waals surface area contributed by atoms with Crippen LogP contribution in [0, 0.1) is 0 Å². The lowest BCUT2D eigenvalue weighted by atomic mass is 10.0. The number of ether oxygens (including phenoxy) is 2. The number of methoxy groups -OCH3 is 2. The summed E-state index contributed by atoms with van der Waals surface area (Å²) in [7, 11) is 3.20. The molecule has 3 N–H and O–H groups in total. The Labute approximate surface area is 128 Å². The molecule has 2 aromatic rings. The fourth-order valence-electron chi connectivity index (χ4n) is 2.32. The SMILES string of the molecule is CCn1ncc(OC)c1C(NN)c1ccc(Cl)cc1OC. The van der Waals surface area contributed by atoms with Gasteiger partial charge in [0.05, 0.1) is 26.5 Å². The maximum atomic E-state index is 6.01. The van der Waals surface area contributed by atoms with Gasteiger partial charge in [-0.3, -0.25) is 10.5 Å². The van der Waals surface area contributed by atoms with E-state index in [-0.39, 0.29) is 6.04 Å². The Bertz CT molecular complexity index is 594. The summed E-state index contributed by atoms with van der Waals surface area (Å²) in [5.41, 5.74) is 4.50. The molecular weight excluding hydrogens is 292 g/mol. The highest BCUT2D eigenvalue weighted by atomic mass is 35.5. The number of nitrogens with one attached hydrogen (secondary N) is 1. The van der Waals surface area contributed by atoms with Crippen molar-refractivity contribution in [1.29, 1.82) is 0 Å². The summed E-state index contributed by atoms with van der Waals surface area (Å²) in [6.45, 7) is 2.70. The van der Waals surface area contributed by atoms with Crippen molar-refractivity contribution in [3.63, 3.8) is 0 Å². The lowest BCUT2D eigenvalue weighted by Crippen LogP contribution is -2.31. The lowest BCUT2D eigenvalue weighted by molar-refractivity contribution is 0.388. The number of nitrogens with two attached hydrogens (primary N) is 1. The third-order valence-corrected chi connectivity index (χ3v) is 3.55. The van der Waals surface area contributed by atoms with Crippen molar-refractivity contribution in [2.45, 2.75) is 19.5 Å². The molecule has 1 aromatic heterocycles. The second-order valence-electron chi connectivity index (χ2n) is 4.40. The Kier molecular flexibility index (Phi) is 5.06. The average molecular weight is 311 g/mol. The van der Waals surface area contributed by atoms with Crippen LogP contribution < -0.4 is 20.7 Å². The van der Waals surface area contributed by atoms with Gasteiger partial charge in [-0.15, -0.1) is 0 Å². The smallest absolute Gasteiger partial charge is 0.161 e. The molecule has 0 saturated carbocycles. The fourth-order valence-corrected chi connectivity index (χ4v) is 2.48. The zero-order chi connectivity index (χ0) is 15.4. The number of halogens is 1. The molecule has 21 heavy (non-hydrogen) atoms. The number of nitrogens with zero attached hydrogens (tertiary/aromatic N) is 2. The van der Waals surface area contributed by atoms with Gasteiger partial charge in [0.1, 0.15) is 11.4 Å². The van der Waals surface area contributed by atoms with Crippen molar-refractivity contribution < 1.29 is 9.47 Å². The van der Waals surface area contributed by atoms with Crippen molar-refractivity contribution in [2.75, 3.05) is 14.2 Å². The van der Waals surface area contributed by atoms with Crippen LogP contribution in [0.2, 0.25) is 5.02 Å². The summed E-state index contributed by atoms with van der Waals surface area (Å²) >= 11 is 6.01. The van der Waals surface area contributed by atoms with E-state index in [1.54, 1.807) is 32.5 Å². The third kappa shape index (κ3) is 2.97. The summed E-state index contributed by atoms with van der Waals surface area (Å²) < 4.78 is 12.6. The number of aryl methyl sites for hydroxylation is 1. The molecule has 1 aromatic carbocycles. The lowest BCUT2D eigenvalue weighted by Gasteiger charge is -2.21. The number of benzene rings is 1.